The maximum atomic E-state index is 12.9. The average Bonchev–Trinajstić information content (AvgIpc) is 3.18. The Hall–Kier alpha value is -3.42. The number of urea groups is 1. The van der Waals surface area contributed by atoms with E-state index in [2.05, 4.69) is 15.5 Å². The molecule has 7 nitrogen and oxygen atoms in total. The number of carbonyl (C=O) groups is 1. The lowest BCUT2D eigenvalue weighted by atomic mass is 10.2. The van der Waals surface area contributed by atoms with E-state index >= 15 is 0 Å². The number of nitrogens with one attached hydrogen (secondary N) is 1. The molecule has 1 heterocycles. The van der Waals surface area contributed by atoms with Crippen LogP contribution in [0.25, 0.3) is 0 Å². The normalized spacial score (nSPS) is 10.6. The van der Waals surface area contributed by atoms with Crippen LogP contribution >= 0.6 is 0 Å². The molecular weight excluding hydrogens is 375 g/mol. The largest absolute Gasteiger partial charge is 0.484 e. The molecule has 29 heavy (non-hydrogen) atoms. The van der Waals surface area contributed by atoms with Crippen molar-refractivity contribution in [3.8, 4) is 5.75 Å². The van der Waals surface area contributed by atoms with Crippen LogP contribution in [0.15, 0.2) is 53.1 Å². The minimum Gasteiger partial charge on any atom is -0.484 e. The van der Waals surface area contributed by atoms with Crippen molar-refractivity contribution in [2.45, 2.75) is 26.5 Å². The smallest absolute Gasteiger partial charge is 0.317 e. The highest BCUT2D eigenvalue weighted by molar-refractivity contribution is 5.73. The van der Waals surface area contributed by atoms with Gasteiger partial charge in [-0.15, -0.1) is 0 Å². The molecule has 8 heteroatoms. The van der Waals surface area contributed by atoms with Gasteiger partial charge in [0.25, 0.3) is 5.89 Å². The molecule has 0 aliphatic heterocycles. The van der Waals surface area contributed by atoms with E-state index in [9.17, 15) is 9.18 Å². The monoisotopic (exact) mass is 398 g/mol. The predicted molar refractivity (Wildman–Crippen MR) is 105 cm³/mol. The van der Waals surface area contributed by atoms with Crippen molar-refractivity contribution in [3.05, 3.63) is 77.2 Å². The average molecular weight is 398 g/mol. The molecule has 2 aromatic carbocycles. The van der Waals surface area contributed by atoms with Crippen molar-refractivity contribution >= 4 is 6.03 Å². The Labute approximate surface area is 168 Å². The number of ether oxygens (including phenoxy) is 1. The summed E-state index contributed by atoms with van der Waals surface area (Å²) in [4.78, 5) is 18.0. The summed E-state index contributed by atoms with van der Waals surface area (Å²) >= 11 is 0. The molecule has 0 saturated heterocycles. The number of aryl methyl sites for hydroxylation is 1. The van der Waals surface area contributed by atoms with Crippen LogP contribution in [-0.2, 0) is 19.6 Å². The molecular formula is C21H23FN4O3. The lowest BCUT2D eigenvalue weighted by molar-refractivity contribution is 0.208. The second kappa shape index (κ2) is 9.68. The fourth-order valence-corrected chi connectivity index (χ4v) is 2.58. The maximum Gasteiger partial charge on any atom is 0.317 e. The van der Waals surface area contributed by atoms with E-state index in [1.165, 1.54) is 17.0 Å². The van der Waals surface area contributed by atoms with Crippen LogP contribution < -0.4 is 10.1 Å². The molecule has 1 aromatic heterocycles. The molecule has 0 fully saturated rings. The molecule has 0 bridgehead atoms. The molecule has 3 rings (SSSR count). The highest BCUT2D eigenvalue weighted by Crippen LogP contribution is 2.14. The van der Waals surface area contributed by atoms with Crippen molar-refractivity contribution in [1.29, 1.82) is 0 Å². The van der Waals surface area contributed by atoms with Crippen LogP contribution in [0.5, 0.6) is 5.75 Å². The van der Waals surface area contributed by atoms with Gasteiger partial charge in [-0.3, -0.25) is 0 Å². The lowest BCUT2D eigenvalue weighted by Crippen LogP contribution is -2.38. The first-order chi connectivity index (χ1) is 14.0. The molecule has 0 spiro atoms. The summed E-state index contributed by atoms with van der Waals surface area (Å²) in [5.41, 5.74) is 1.93. The van der Waals surface area contributed by atoms with E-state index in [0.717, 1.165) is 16.9 Å². The van der Waals surface area contributed by atoms with Crippen molar-refractivity contribution in [2.75, 3.05) is 13.6 Å². The molecule has 0 atom stereocenters. The Kier molecular flexibility index (Phi) is 6.78. The molecule has 1 N–H and O–H groups in total. The van der Waals surface area contributed by atoms with E-state index in [-0.39, 0.29) is 18.5 Å². The van der Waals surface area contributed by atoms with Crippen LogP contribution in [0.2, 0.25) is 0 Å². The summed E-state index contributed by atoms with van der Waals surface area (Å²) < 4.78 is 23.7. The zero-order valence-electron chi connectivity index (χ0n) is 16.4. The molecule has 0 saturated carbocycles. The van der Waals surface area contributed by atoms with Gasteiger partial charge < -0.3 is 19.5 Å². The number of hydrogen-bond donors (Lipinski definition) is 1. The van der Waals surface area contributed by atoms with Gasteiger partial charge in [0.05, 0.1) is 0 Å². The number of benzene rings is 2. The van der Waals surface area contributed by atoms with Crippen LogP contribution in [0.1, 0.15) is 22.8 Å². The Balaban J connectivity index is 1.41. The molecule has 152 valence electrons. The van der Waals surface area contributed by atoms with Crippen molar-refractivity contribution in [1.82, 2.24) is 20.4 Å². The van der Waals surface area contributed by atoms with Crippen LogP contribution in [0, 0.1) is 12.7 Å². The van der Waals surface area contributed by atoms with E-state index < -0.39 is 0 Å². The summed E-state index contributed by atoms with van der Waals surface area (Å²) in [5, 5.41) is 6.70. The summed E-state index contributed by atoms with van der Waals surface area (Å²) in [6.07, 6.45) is 0.453. The minimum atomic E-state index is -0.305. The van der Waals surface area contributed by atoms with Gasteiger partial charge in [-0.2, -0.15) is 4.98 Å². The summed E-state index contributed by atoms with van der Waals surface area (Å²) in [6.45, 7) is 2.92. The maximum absolute atomic E-state index is 12.9. The molecule has 0 unspecified atom stereocenters. The second-order valence-corrected chi connectivity index (χ2v) is 6.67. The molecule has 0 aliphatic rings. The third-order valence-corrected chi connectivity index (χ3v) is 4.24. The van der Waals surface area contributed by atoms with Crippen LogP contribution in [-0.4, -0.2) is 34.7 Å². The third kappa shape index (κ3) is 6.31. The first-order valence-electron chi connectivity index (χ1n) is 9.24. The molecule has 2 amide bonds. The summed E-state index contributed by atoms with van der Waals surface area (Å²) in [7, 11) is 1.68. The van der Waals surface area contributed by atoms with Crippen LogP contribution in [0.4, 0.5) is 9.18 Å². The summed E-state index contributed by atoms with van der Waals surface area (Å²) in [5.74, 6) is 1.32. The SMILES string of the molecule is Cc1cccc(OCc2nc(CCN(C)C(=O)NCc3ccc(F)cc3)no2)c1. The van der Waals surface area contributed by atoms with E-state index in [4.69, 9.17) is 9.26 Å². The van der Waals surface area contributed by atoms with E-state index in [1.54, 1.807) is 19.2 Å². The predicted octanol–water partition coefficient (Wildman–Crippen LogP) is 3.48. The van der Waals surface area contributed by atoms with Gasteiger partial charge in [0.1, 0.15) is 11.6 Å². The van der Waals surface area contributed by atoms with Gasteiger partial charge in [-0.1, -0.05) is 29.4 Å². The number of likely N-dealkylation sites (N-methyl/N-ethyl adjacent to an activating group) is 1. The summed E-state index contributed by atoms with van der Waals surface area (Å²) in [6, 6.07) is 13.5. The topological polar surface area (TPSA) is 80.5 Å². The number of hydrogen-bond acceptors (Lipinski definition) is 5. The Bertz CT molecular complexity index is 943. The van der Waals surface area contributed by atoms with Gasteiger partial charge in [0.2, 0.25) is 0 Å². The van der Waals surface area contributed by atoms with Gasteiger partial charge in [-0.05, 0) is 42.3 Å². The zero-order chi connectivity index (χ0) is 20.6. The third-order valence-electron chi connectivity index (χ3n) is 4.24. The van der Waals surface area contributed by atoms with Gasteiger partial charge in [0, 0.05) is 26.6 Å². The number of rotatable bonds is 8. The second-order valence-electron chi connectivity index (χ2n) is 6.67. The fraction of sp³-hybridized carbons (Fsp3) is 0.286. The van der Waals surface area contributed by atoms with E-state index in [1.807, 2.05) is 31.2 Å². The number of amides is 2. The standard InChI is InChI=1S/C21H23FN4O3/c1-15-4-3-5-18(12-15)28-14-20-24-19(25-29-20)10-11-26(2)21(27)23-13-16-6-8-17(22)9-7-16/h3-9,12H,10-11,13-14H2,1-2H3,(H,23,27). The Morgan fingerprint density at radius 1 is 1.24 bits per heavy atom. The number of carbonyl (C=O) groups excluding carboxylic acids is 1. The number of nitrogens with zero attached hydrogens (tertiary/aromatic N) is 3. The first kappa shape index (κ1) is 20.3. The minimum absolute atomic E-state index is 0.185. The Morgan fingerprint density at radius 3 is 2.79 bits per heavy atom. The zero-order valence-corrected chi connectivity index (χ0v) is 16.4. The number of aromatic nitrogens is 2. The van der Waals surface area contributed by atoms with Crippen molar-refractivity contribution < 1.29 is 18.4 Å². The van der Waals surface area contributed by atoms with Crippen LogP contribution in [0.3, 0.4) is 0 Å². The lowest BCUT2D eigenvalue weighted by Gasteiger charge is -2.17. The fourth-order valence-electron chi connectivity index (χ4n) is 2.58. The van der Waals surface area contributed by atoms with Gasteiger partial charge >= 0.3 is 6.03 Å². The molecule has 3 aromatic rings. The number of halogens is 1. The molecule has 0 aliphatic carbocycles. The highest BCUT2D eigenvalue weighted by atomic mass is 19.1. The van der Waals surface area contributed by atoms with Gasteiger partial charge in [-0.25, -0.2) is 9.18 Å². The van der Waals surface area contributed by atoms with Crippen molar-refractivity contribution in [2.24, 2.45) is 0 Å². The van der Waals surface area contributed by atoms with E-state index in [0.29, 0.717) is 31.2 Å². The Morgan fingerprint density at radius 2 is 2.03 bits per heavy atom. The first-order valence-corrected chi connectivity index (χ1v) is 9.24. The quantitative estimate of drug-likeness (QED) is 0.628. The highest BCUT2D eigenvalue weighted by Gasteiger charge is 2.12. The van der Waals surface area contributed by atoms with Gasteiger partial charge in [0.15, 0.2) is 12.4 Å². The molecule has 0 radical (unpaired) electrons. The van der Waals surface area contributed by atoms with Crippen molar-refractivity contribution in [3.63, 3.8) is 0 Å².